The van der Waals surface area contributed by atoms with Crippen molar-refractivity contribution < 1.29 is 26.2 Å². The summed E-state index contributed by atoms with van der Waals surface area (Å²) in [5.41, 5.74) is 0.830. The molecule has 0 atom stereocenters. The van der Waals surface area contributed by atoms with Crippen LogP contribution in [-0.2, 0) is 16.7 Å². The zero-order chi connectivity index (χ0) is 20.1. The van der Waals surface area contributed by atoms with Crippen molar-refractivity contribution in [1.82, 2.24) is 5.32 Å². The number of halogens is 2. The molecule has 5 nitrogen and oxygen atoms in total. The van der Waals surface area contributed by atoms with E-state index >= 15 is 0 Å². The first-order chi connectivity index (χ1) is 13.3. The quantitative estimate of drug-likeness (QED) is 0.638. The minimum absolute atomic E-state index is 0.0288. The van der Waals surface area contributed by atoms with Crippen molar-refractivity contribution >= 4 is 16.0 Å². The first kappa shape index (κ1) is 19.5. The first-order valence-corrected chi connectivity index (χ1v) is 9.58. The average Bonchev–Trinajstić information content (AvgIpc) is 2.66. The van der Waals surface area contributed by atoms with Crippen LogP contribution in [0.4, 0.5) is 8.78 Å². The number of carbonyl (C=O) groups is 1. The lowest BCUT2D eigenvalue weighted by Gasteiger charge is -2.12. The Labute approximate surface area is 160 Å². The Morgan fingerprint density at radius 1 is 0.893 bits per heavy atom. The summed E-state index contributed by atoms with van der Waals surface area (Å²) in [4.78, 5) is 11.8. The van der Waals surface area contributed by atoms with Gasteiger partial charge in [-0.05, 0) is 29.8 Å². The van der Waals surface area contributed by atoms with Crippen molar-refractivity contribution in [2.45, 2.75) is 11.4 Å². The zero-order valence-corrected chi connectivity index (χ0v) is 15.2. The van der Waals surface area contributed by atoms with Gasteiger partial charge in [-0.3, -0.25) is 4.79 Å². The van der Waals surface area contributed by atoms with Gasteiger partial charge in [-0.25, -0.2) is 8.78 Å². The molecular formula is C20H15F2NO4S. The molecule has 0 saturated heterocycles. The fourth-order valence-electron chi connectivity index (χ4n) is 2.44. The normalized spacial score (nSPS) is 11.1. The van der Waals surface area contributed by atoms with Crippen LogP contribution in [0.15, 0.2) is 77.7 Å². The molecule has 0 aromatic heterocycles. The Balaban J connectivity index is 1.82. The molecule has 1 N–H and O–H groups in total. The Morgan fingerprint density at radius 2 is 1.50 bits per heavy atom. The molecule has 0 aliphatic rings. The summed E-state index contributed by atoms with van der Waals surface area (Å²) in [5.74, 6) is -2.93. The molecule has 0 aliphatic carbocycles. The van der Waals surface area contributed by atoms with Gasteiger partial charge in [0.1, 0.15) is 16.5 Å². The third-order valence-corrected chi connectivity index (χ3v) is 4.96. The van der Waals surface area contributed by atoms with E-state index < -0.39 is 32.6 Å². The second kappa shape index (κ2) is 8.18. The molecule has 0 radical (unpaired) electrons. The number of rotatable bonds is 6. The summed E-state index contributed by atoms with van der Waals surface area (Å²) in [6.45, 7) is 0.232. The fraction of sp³-hybridized carbons (Fsp3) is 0.0500. The molecule has 0 fully saturated rings. The SMILES string of the molecule is O=C(NCc1ccccc1)c1ccccc1OS(=O)(=O)c1cc(F)cc(F)c1. The van der Waals surface area contributed by atoms with E-state index in [-0.39, 0.29) is 17.9 Å². The molecule has 3 aromatic carbocycles. The molecule has 28 heavy (non-hydrogen) atoms. The largest absolute Gasteiger partial charge is 0.378 e. The second-order valence-electron chi connectivity index (χ2n) is 5.81. The van der Waals surface area contributed by atoms with Crippen LogP contribution in [0.5, 0.6) is 5.75 Å². The van der Waals surface area contributed by atoms with E-state index in [1.165, 1.54) is 18.2 Å². The van der Waals surface area contributed by atoms with Crippen LogP contribution < -0.4 is 9.50 Å². The van der Waals surface area contributed by atoms with Gasteiger partial charge in [0, 0.05) is 12.6 Å². The van der Waals surface area contributed by atoms with E-state index in [2.05, 4.69) is 5.32 Å². The van der Waals surface area contributed by atoms with Crippen LogP contribution >= 0.6 is 0 Å². The van der Waals surface area contributed by atoms with Crippen LogP contribution in [0.25, 0.3) is 0 Å². The van der Waals surface area contributed by atoms with Crippen molar-refractivity contribution in [2.75, 3.05) is 0 Å². The van der Waals surface area contributed by atoms with Crippen molar-refractivity contribution in [2.24, 2.45) is 0 Å². The highest BCUT2D eigenvalue weighted by atomic mass is 32.2. The standard InChI is InChI=1S/C20H15F2NO4S/c21-15-10-16(22)12-17(11-15)28(25,26)27-19-9-5-4-8-18(19)20(24)23-13-14-6-2-1-3-7-14/h1-12H,13H2,(H,23,24). The third-order valence-electron chi connectivity index (χ3n) is 3.75. The lowest BCUT2D eigenvalue weighted by atomic mass is 10.1. The minimum atomic E-state index is -4.54. The molecule has 8 heteroatoms. The molecule has 0 spiro atoms. The summed E-state index contributed by atoms with van der Waals surface area (Å²) in [6.07, 6.45) is 0. The van der Waals surface area contributed by atoms with Crippen molar-refractivity contribution in [3.05, 3.63) is 95.6 Å². The minimum Gasteiger partial charge on any atom is -0.378 e. The van der Waals surface area contributed by atoms with Gasteiger partial charge < -0.3 is 9.50 Å². The Morgan fingerprint density at radius 3 is 2.18 bits per heavy atom. The van der Waals surface area contributed by atoms with Crippen molar-refractivity contribution in [3.63, 3.8) is 0 Å². The number of benzene rings is 3. The maximum absolute atomic E-state index is 13.3. The van der Waals surface area contributed by atoms with Crippen LogP contribution in [0.1, 0.15) is 15.9 Å². The Kier molecular flexibility index (Phi) is 5.70. The Hall–Kier alpha value is -3.26. The average molecular weight is 403 g/mol. The predicted octanol–water partition coefficient (Wildman–Crippen LogP) is 3.66. The molecule has 3 aromatic rings. The van der Waals surface area contributed by atoms with Crippen molar-refractivity contribution in [3.8, 4) is 5.75 Å². The van der Waals surface area contributed by atoms with E-state index in [0.717, 1.165) is 5.56 Å². The summed E-state index contributed by atoms with van der Waals surface area (Å²) >= 11 is 0. The topological polar surface area (TPSA) is 72.5 Å². The molecule has 0 unspecified atom stereocenters. The second-order valence-corrected chi connectivity index (χ2v) is 7.35. The smallest absolute Gasteiger partial charge is 0.339 e. The van der Waals surface area contributed by atoms with E-state index in [0.29, 0.717) is 18.2 Å². The zero-order valence-electron chi connectivity index (χ0n) is 14.4. The lowest BCUT2D eigenvalue weighted by molar-refractivity contribution is 0.0949. The van der Waals surface area contributed by atoms with Crippen LogP contribution in [-0.4, -0.2) is 14.3 Å². The maximum atomic E-state index is 13.3. The molecule has 0 bridgehead atoms. The predicted molar refractivity (Wildman–Crippen MR) is 98.2 cm³/mol. The molecule has 1 amide bonds. The molecular weight excluding hydrogens is 388 g/mol. The number of hydrogen-bond donors (Lipinski definition) is 1. The van der Waals surface area contributed by atoms with Crippen LogP contribution in [0.3, 0.4) is 0 Å². The number of carbonyl (C=O) groups excluding carboxylic acids is 1. The third kappa shape index (κ3) is 4.72. The molecule has 3 rings (SSSR count). The summed E-state index contributed by atoms with van der Waals surface area (Å²) < 4.78 is 56.4. The number of hydrogen-bond acceptors (Lipinski definition) is 4. The van der Waals surface area contributed by atoms with E-state index in [1.54, 1.807) is 6.07 Å². The van der Waals surface area contributed by atoms with Gasteiger partial charge in [0.15, 0.2) is 5.75 Å². The van der Waals surface area contributed by atoms with Gasteiger partial charge in [0.25, 0.3) is 5.91 Å². The van der Waals surface area contributed by atoms with Crippen LogP contribution in [0.2, 0.25) is 0 Å². The molecule has 0 aliphatic heterocycles. The number of nitrogens with one attached hydrogen (secondary N) is 1. The highest BCUT2D eigenvalue weighted by Gasteiger charge is 2.22. The Bertz CT molecular complexity index is 1080. The first-order valence-electron chi connectivity index (χ1n) is 8.17. The van der Waals surface area contributed by atoms with Gasteiger partial charge in [0.05, 0.1) is 5.56 Å². The molecule has 0 heterocycles. The van der Waals surface area contributed by atoms with Crippen LogP contribution in [0, 0.1) is 11.6 Å². The van der Waals surface area contributed by atoms with E-state index in [4.69, 9.17) is 4.18 Å². The highest BCUT2D eigenvalue weighted by Crippen LogP contribution is 2.24. The number of amides is 1. The van der Waals surface area contributed by atoms with Gasteiger partial charge >= 0.3 is 10.1 Å². The highest BCUT2D eigenvalue weighted by molar-refractivity contribution is 7.87. The summed E-state index contributed by atoms with van der Waals surface area (Å²) in [5, 5.41) is 2.67. The fourth-order valence-corrected chi connectivity index (χ4v) is 3.43. The van der Waals surface area contributed by atoms with Gasteiger partial charge in [-0.2, -0.15) is 8.42 Å². The monoisotopic (exact) mass is 403 g/mol. The van der Waals surface area contributed by atoms with Gasteiger partial charge in [-0.15, -0.1) is 0 Å². The van der Waals surface area contributed by atoms with E-state index in [9.17, 15) is 22.0 Å². The maximum Gasteiger partial charge on any atom is 0.339 e. The summed E-state index contributed by atoms with van der Waals surface area (Å²) in [6, 6.07) is 16.6. The number of para-hydroxylation sites is 1. The molecule has 0 saturated carbocycles. The lowest BCUT2D eigenvalue weighted by Crippen LogP contribution is -2.24. The summed E-state index contributed by atoms with van der Waals surface area (Å²) in [7, 11) is -4.54. The van der Waals surface area contributed by atoms with E-state index in [1.807, 2.05) is 30.3 Å². The molecule has 144 valence electrons. The van der Waals surface area contributed by atoms with Crippen molar-refractivity contribution in [1.29, 1.82) is 0 Å². The van der Waals surface area contributed by atoms with Gasteiger partial charge in [-0.1, -0.05) is 42.5 Å². The van der Waals surface area contributed by atoms with Gasteiger partial charge in [0.2, 0.25) is 0 Å².